The average molecular weight is 251 g/mol. The fraction of sp³-hybridized carbons (Fsp3) is 0.667. The molecule has 0 saturated carbocycles. The summed E-state index contributed by atoms with van der Waals surface area (Å²) in [5, 5.41) is 10.1. The predicted molar refractivity (Wildman–Crippen MR) is 73.7 cm³/mol. The maximum absolute atomic E-state index is 10.1. The van der Waals surface area contributed by atoms with Gasteiger partial charge in [0.2, 0.25) is 0 Å². The summed E-state index contributed by atoms with van der Waals surface area (Å²) in [7, 11) is 1.61. The molecule has 0 aliphatic carbocycles. The molecule has 0 fully saturated rings. The van der Waals surface area contributed by atoms with Gasteiger partial charge in [0.1, 0.15) is 11.4 Å². The smallest absolute Gasteiger partial charge is 0.143 e. The van der Waals surface area contributed by atoms with Gasteiger partial charge in [0.25, 0.3) is 0 Å². The lowest BCUT2D eigenvalue weighted by molar-refractivity contribution is 0.154. The van der Waals surface area contributed by atoms with E-state index in [4.69, 9.17) is 4.74 Å². The third-order valence-electron chi connectivity index (χ3n) is 3.17. The molecule has 0 radical (unpaired) electrons. The lowest BCUT2D eigenvalue weighted by Crippen LogP contribution is -2.03. The molecule has 1 aromatic heterocycles. The first kappa shape index (κ1) is 15.0. The molecule has 0 saturated heterocycles. The van der Waals surface area contributed by atoms with Crippen molar-refractivity contribution in [2.45, 2.75) is 58.0 Å². The van der Waals surface area contributed by atoms with Crippen molar-refractivity contribution in [3.05, 3.63) is 24.0 Å². The van der Waals surface area contributed by atoms with E-state index in [0.29, 0.717) is 11.4 Å². The lowest BCUT2D eigenvalue weighted by Gasteiger charge is -2.13. The maximum atomic E-state index is 10.1. The number of aromatic nitrogens is 1. The highest BCUT2D eigenvalue weighted by Gasteiger charge is 2.13. The summed E-state index contributed by atoms with van der Waals surface area (Å²) < 4.78 is 5.20. The number of unbranched alkanes of at least 4 members (excludes halogenated alkanes) is 5. The molecule has 3 heteroatoms. The number of nitrogens with zero attached hydrogens (tertiary/aromatic N) is 1. The number of aliphatic hydroxyl groups excluding tert-OH is 1. The van der Waals surface area contributed by atoms with Gasteiger partial charge in [-0.05, 0) is 18.6 Å². The normalized spacial score (nSPS) is 12.4. The number of aliphatic hydroxyl groups is 1. The van der Waals surface area contributed by atoms with Crippen LogP contribution in [0.25, 0.3) is 0 Å². The van der Waals surface area contributed by atoms with E-state index in [1.807, 2.05) is 12.1 Å². The second-order valence-corrected chi connectivity index (χ2v) is 4.66. The van der Waals surface area contributed by atoms with Crippen LogP contribution in [-0.2, 0) is 0 Å². The fourth-order valence-corrected chi connectivity index (χ4v) is 2.08. The van der Waals surface area contributed by atoms with E-state index < -0.39 is 6.10 Å². The van der Waals surface area contributed by atoms with Gasteiger partial charge in [-0.1, -0.05) is 45.4 Å². The van der Waals surface area contributed by atoms with Gasteiger partial charge in [0.05, 0.1) is 13.2 Å². The number of pyridine rings is 1. The highest BCUT2D eigenvalue weighted by molar-refractivity contribution is 5.28. The van der Waals surface area contributed by atoms with E-state index in [0.717, 1.165) is 12.8 Å². The molecule has 0 aliphatic rings. The summed E-state index contributed by atoms with van der Waals surface area (Å²) >= 11 is 0. The Bertz CT molecular complexity index is 328. The number of hydrogen-bond acceptors (Lipinski definition) is 3. The van der Waals surface area contributed by atoms with E-state index in [9.17, 15) is 5.11 Å². The second-order valence-electron chi connectivity index (χ2n) is 4.66. The molecule has 3 nitrogen and oxygen atoms in total. The van der Waals surface area contributed by atoms with E-state index in [1.54, 1.807) is 13.3 Å². The average Bonchev–Trinajstić information content (AvgIpc) is 2.42. The topological polar surface area (TPSA) is 42.4 Å². The Morgan fingerprint density at radius 1 is 1.22 bits per heavy atom. The Morgan fingerprint density at radius 3 is 2.67 bits per heavy atom. The molecule has 1 aromatic rings. The molecule has 1 rings (SSSR count). The Labute approximate surface area is 110 Å². The van der Waals surface area contributed by atoms with Crippen LogP contribution in [-0.4, -0.2) is 17.2 Å². The van der Waals surface area contributed by atoms with Crippen molar-refractivity contribution in [1.82, 2.24) is 4.98 Å². The Kier molecular flexibility index (Phi) is 7.42. The SMILES string of the molecule is CCCCCCCCC(O)c1ncccc1OC. The first-order valence-corrected chi connectivity index (χ1v) is 6.96. The standard InChI is InChI=1S/C15H25NO2/c1-3-4-5-6-7-8-10-13(17)15-14(18-2)11-9-12-16-15/h9,11-13,17H,3-8,10H2,1-2H3. The highest BCUT2D eigenvalue weighted by atomic mass is 16.5. The zero-order valence-corrected chi connectivity index (χ0v) is 11.6. The Morgan fingerprint density at radius 2 is 1.94 bits per heavy atom. The first-order valence-electron chi connectivity index (χ1n) is 6.96. The molecular weight excluding hydrogens is 226 g/mol. The number of methoxy groups -OCH3 is 1. The van der Waals surface area contributed by atoms with Crippen molar-refractivity contribution in [1.29, 1.82) is 0 Å². The third kappa shape index (κ3) is 5.05. The van der Waals surface area contributed by atoms with Crippen LogP contribution < -0.4 is 4.74 Å². The molecule has 0 spiro atoms. The number of rotatable bonds is 9. The van der Waals surface area contributed by atoms with Crippen LogP contribution in [0.5, 0.6) is 5.75 Å². The summed E-state index contributed by atoms with van der Waals surface area (Å²) in [5.41, 5.74) is 0.661. The third-order valence-corrected chi connectivity index (χ3v) is 3.17. The first-order chi connectivity index (χ1) is 8.79. The molecule has 0 bridgehead atoms. The summed E-state index contributed by atoms with van der Waals surface area (Å²) in [5.74, 6) is 0.677. The van der Waals surface area contributed by atoms with Crippen molar-refractivity contribution in [2.75, 3.05) is 7.11 Å². The summed E-state index contributed by atoms with van der Waals surface area (Å²) in [4.78, 5) is 4.20. The Balaban J connectivity index is 2.29. The molecule has 0 aromatic carbocycles. The molecule has 1 N–H and O–H groups in total. The molecule has 1 atom stereocenters. The second kappa shape index (κ2) is 8.92. The van der Waals surface area contributed by atoms with E-state index >= 15 is 0 Å². The number of ether oxygens (including phenoxy) is 1. The highest BCUT2D eigenvalue weighted by Crippen LogP contribution is 2.26. The van der Waals surface area contributed by atoms with Gasteiger partial charge >= 0.3 is 0 Å². The number of hydrogen-bond donors (Lipinski definition) is 1. The van der Waals surface area contributed by atoms with Crippen molar-refractivity contribution in [2.24, 2.45) is 0 Å². The van der Waals surface area contributed by atoms with Crippen LogP contribution >= 0.6 is 0 Å². The van der Waals surface area contributed by atoms with Crippen LogP contribution in [0, 0.1) is 0 Å². The van der Waals surface area contributed by atoms with Crippen LogP contribution in [0.1, 0.15) is 63.7 Å². The molecule has 102 valence electrons. The molecule has 1 unspecified atom stereocenters. The van der Waals surface area contributed by atoms with Gasteiger partial charge in [0, 0.05) is 6.20 Å². The van der Waals surface area contributed by atoms with Crippen LogP contribution in [0.2, 0.25) is 0 Å². The van der Waals surface area contributed by atoms with Crippen molar-refractivity contribution < 1.29 is 9.84 Å². The minimum Gasteiger partial charge on any atom is -0.495 e. The van der Waals surface area contributed by atoms with E-state index in [2.05, 4.69) is 11.9 Å². The van der Waals surface area contributed by atoms with Gasteiger partial charge in [-0.25, -0.2) is 0 Å². The summed E-state index contributed by atoms with van der Waals surface area (Å²) in [6, 6.07) is 3.66. The van der Waals surface area contributed by atoms with Crippen molar-refractivity contribution in [3.63, 3.8) is 0 Å². The van der Waals surface area contributed by atoms with Gasteiger partial charge in [0.15, 0.2) is 0 Å². The van der Waals surface area contributed by atoms with Gasteiger partial charge in [-0.15, -0.1) is 0 Å². The molecular formula is C15H25NO2. The fourth-order valence-electron chi connectivity index (χ4n) is 2.08. The Hall–Kier alpha value is -1.09. The molecule has 0 amide bonds. The van der Waals surface area contributed by atoms with Gasteiger partial charge < -0.3 is 9.84 Å². The van der Waals surface area contributed by atoms with Crippen LogP contribution in [0.15, 0.2) is 18.3 Å². The molecule has 1 heterocycles. The quantitative estimate of drug-likeness (QED) is 0.677. The largest absolute Gasteiger partial charge is 0.495 e. The van der Waals surface area contributed by atoms with Gasteiger partial charge in [-0.3, -0.25) is 4.98 Å². The van der Waals surface area contributed by atoms with E-state index in [-0.39, 0.29) is 0 Å². The lowest BCUT2D eigenvalue weighted by atomic mass is 10.0. The zero-order chi connectivity index (χ0) is 13.2. The van der Waals surface area contributed by atoms with Crippen molar-refractivity contribution >= 4 is 0 Å². The summed E-state index contributed by atoms with van der Waals surface area (Å²) in [6.45, 7) is 2.22. The zero-order valence-electron chi connectivity index (χ0n) is 11.6. The predicted octanol–water partition coefficient (Wildman–Crippen LogP) is 3.87. The minimum absolute atomic E-state index is 0.507. The van der Waals surface area contributed by atoms with Gasteiger partial charge in [-0.2, -0.15) is 0 Å². The minimum atomic E-state index is -0.507. The summed E-state index contributed by atoms with van der Waals surface area (Å²) in [6.07, 6.45) is 9.34. The molecule has 18 heavy (non-hydrogen) atoms. The van der Waals surface area contributed by atoms with Crippen molar-refractivity contribution in [3.8, 4) is 5.75 Å². The van der Waals surface area contributed by atoms with Crippen LogP contribution in [0.3, 0.4) is 0 Å². The maximum Gasteiger partial charge on any atom is 0.143 e. The van der Waals surface area contributed by atoms with Crippen LogP contribution in [0.4, 0.5) is 0 Å². The molecule has 0 aliphatic heterocycles. The monoisotopic (exact) mass is 251 g/mol. The van der Waals surface area contributed by atoms with E-state index in [1.165, 1.54) is 32.1 Å².